The van der Waals surface area contributed by atoms with E-state index in [2.05, 4.69) is 5.32 Å². The van der Waals surface area contributed by atoms with Gasteiger partial charge in [0.05, 0.1) is 5.75 Å². The number of carbonyl (C=O) groups is 1. The van der Waals surface area contributed by atoms with Gasteiger partial charge in [-0.25, -0.2) is 17.1 Å². The summed E-state index contributed by atoms with van der Waals surface area (Å²) in [6.45, 7) is 4.36. The molecule has 5 nitrogen and oxygen atoms in total. The van der Waals surface area contributed by atoms with E-state index in [1.54, 1.807) is 13.8 Å². The third kappa shape index (κ3) is 4.57. The molecule has 0 bridgehead atoms. The number of sulfonamides is 1. The Kier molecular flexibility index (Phi) is 6.09. The van der Waals surface area contributed by atoms with E-state index in [1.807, 2.05) is 0 Å². The summed E-state index contributed by atoms with van der Waals surface area (Å²) >= 11 is 0. The summed E-state index contributed by atoms with van der Waals surface area (Å²) in [5, 5.41) is 2.51. The van der Waals surface area contributed by atoms with Gasteiger partial charge in [0.1, 0.15) is 5.82 Å². The number of halogens is 1. The number of rotatable bonds is 7. The highest BCUT2D eigenvalue weighted by molar-refractivity contribution is 7.89. The molecule has 0 spiro atoms. The first-order valence-electron chi connectivity index (χ1n) is 6.42. The number of amides is 1. The van der Waals surface area contributed by atoms with Crippen LogP contribution in [0.3, 0.4) is 0 Å². The Labute approximate surface area is 118 Å². The molecule has 0 aliphatic rings. The maximum atomic E-state index is 12.7. The van der Waals surface area contributed by atoms with Crippen LogP contribution in [0.5, 0.6) is 0 Å². The monoisotopic (exact) mass is 302 g/mol. The standard InChI is InChI=1S/C13H19FN2O3S/c1-3-16(4-2)20(18,19)10-9-15-13(17)11-5-7-12(14)8-6-11/h5-8H,3-4,9-10H2,1-2H3,(H,15,17). The van der Waals surface area contributed by atoms with Crippen molar-refractivity contribution in [3.8, 4) is 0 Å². The minimum Gasteiger partial charge on any atom is -0.351 e. The Morgan fingerprint density at radius 3 is 2.25 bits per heavy atom. The van der Waals surface area contributed by atoms with Crippen LogP contribution in [0.15, 0.2) is 24.3 Å². The lowest BCUT2D eigenvalue weighted by atomic mass is 10.2. The topological polar surface area (TPSA) is 66.5 Å². The van der Waals surface area contributed by atoms with Crippen LogP contribution in [0.2, 0.25) is 0 Å². The lowest BCUT2D eigenvalue weighted by molar-refractivity contribution is 0.0956. The Morgan fingerprint density at radius 1 is 1.20 bits per heavy atom. The van der Waals surface area contributed by atoms with Gasteiger partial charge in [-0.05, 0) is 24.3 Å². The van der Waals surface area contributed by atoms with E-state index in [0.29, 0.717) is 18.7 Å². The molecule has 0 saturated heterocycles. The van der Waals surface area contributed by atoms with Gasteiger partial charge in [0.2, 0.25) is 10.0 Å². The smallest absolute Gasteiger partial charge is 0.251 e. The van der Waals surface area contributed by atoms with Crippen LogP contribution in [0, 0.1) is 5.82 Å². The van der Waals surface area contributed by atoms with Crippen LogP contribution in [-0.4, -0.2) is 44.0 Å². The van der Waals surface area contributed by atoms with E-state index < -0.39 is 21.7 Å². The fraction of sp³-hybridized carbons (Fsp3) is 0.462. The lowest BCUT2D eigenvalue weighted by Gasteiger charge is -2.18. The van der Waals surface area contributed by atoms with Crippen molar-refractivity contribution in [3.63, 3.8) is 0 Å². The van der Waals surface area contributed by atoms with Crippen molar-refractivity contribution in [1.82, 2.24) is 9.62 Å². The van der Waals surface area contributed by atoms with Crippen molar-refractivity contribution in [3.05, 3.63) is 35.6 Å². The molecule has 0 aliphatic carbocycles. The second-order valence-electron chi connectivity index (χ2n) is 4.16. The first-order chi connectivity index (χ1) is 9.40. The molecule has 0 aromatic heterocycles. The first-order valence-corrected chi connectivity index (χ1v) is 8.03. The zero-order chi connectivity index (χ0) is 15.2. The summed E-state index contributed by atoms with van der Waals surface area (Å²) in [6, 6.07) is 5.07. The van der Waals surface area contributed by atoms with E-state index in [1.165, 1.54) is 28.6 Å². The summed E-state index contributed by atoms with van der Waals surface area (Å²) in [4.78, 5) is 11.7. The van der Waals surface area contributed by atoms with Crippen molar-refractivity contribution >= 4 is 15.9 Å². The predicted octanol–water partition coefficient (Wildman–Crippen LogP) is 1.23. The highest BCUT2D eigenvalue weighted by Gasteiger charge is 2.18. The minimum atomic E-state index is -3.35. The quantitative estimate of drug-likeness (QED) is 0.824. The fourth-order valence-corrected chi connectivity index (χ4v) is 3.15. The Morgan fingerprint density at radius 2 is 1.75 bits per heavy atom. The SMILES string of the molecule is CCN(CC)S(=O)(=O)CCNC(=O)c1ccc(F)cc1. The van der Waals surface area contributed by atoms with Crippen LogP contribution in [0.4, 0.5) is 4.39 Å². The van der Waals surface area contributed by atoms with Crippen molar-refractivity contribution in [2.24, 2.45) is 0 Å². The van der Waals surface area contributed by atoms with Gasteiger partial charge in [-0.1, -0.05) is 13.8 Å². The van der Waals surface area contributed by atoms with Gasteiger partial charge in [-0.2, -0.15) is 0 Å². The molecule has 0 fully saturated rings. The van der Waals surface area contributed by atoms with Crippen LogP contribution in [-0.2, 0) is 10.0 Å². The van der Waals surface area contributed by atoms with Gasteiger partial charge in [-0.15, -0.1) is 0 Å². The van der Waals surface area contributed by atoms with E-state index in [-0.39, 0.29) is 12.3 Å². The summed E-state index contributed by atoms with van der Waals surface area (Å²) in [5.74, 6) is -0.993. The van der Waals surface area contributed by atoms with Crippen molar-refractivity contribution in [1.29, 1.82) is 0 Å². The number of benzene rings is 1. The minimum absolute atomic E-state index is 0.0229. The highest BCUT2D eigenvalue weighted by Crippen LogP contribution is 2.03. The Bertz CT molecular complexity index is 539. The Balaban J connectivity index is 2.52. The van der Waals surface area contributed by atoms with Gasteiger partial charge in [-0.3, -0.25) is 4.79 Å². The number of hydrogen-bond donors (Lipinski definition) is 1. The normalized spacial score (nSPS) is 11.6. The van der Waals surface area contributed by atoms with E-state index in [9.17, 15) is 17.6 Å². The molecular formula is C13H19FN2O3S. The highest BCUT2D eigenvalue weighted by atomic mass is 32.2. The summed E-state index contributed by atoms with van der Waals surface area (Å²) in [7, 11) is -3.35. The van der Waals surface area contributed by atoms with Crippen LogP contribution in [0.1, 0.15) is 24.2 Å². The molecule has 7 heteroatoms. The zero-order valence-corrected chi connectivity index (χ0v) is 12.4. The summed E-state index contributed by atoms with van der Waals surface area (Å²) < 4.78 is 37.8. The molecule has 1 N–H and O–H groups in total. The molecule has 0 heterocycles. The molecule has 112 valence electrons. The third-order valence-electron chi connectivity index (χ3n) is 2.85. The summed E-state index contributed by atoms with van der Waals surface area (Å²) in [5.41, 5.74) is 0.298. The van der Waals surface area contributed by atoms with Gasteiger partial charge in [0.15, 0.2) is 0 Å². The molecular weight excluding hydrogens is 283 g/mol. The second-order valence-corrected chi connectivity index (χ2v) is 6.25. The van der Waals surface area contributed by atoms with Crippen LogP contribution in [0.25, 0.3) is 0 Å². The maximum Gasteiger partial charge on any atom is 0.251 e. The first kappa shape index (κ1) is 16.6. The second kappa shape index (κ2) is 7.35. The number of nitrogens with zero attached hydrogens (tertiary/aromatic N) is 1. The molecule has 1 aromatic rings. The van der Waals surface area contributed by atoms with Crippen LogP contribution >= 0.6 is 0 Å². The van der Waals surface area contributed by atoms with Crippen molar-refractivity contribution < 1.29 is 17.6 Å². The molecule has 0 radical (unpaired) electrons. The fourth-order valence-electron chi connectivity index (χ4n) is 1.74. The van der Waals surface area contributed by atoms with Gasteiger partial charge in [0.25, 0.3) is 5.91 Å². The number of nitrogens with one attached hydrogen (secondary N) is 1. The molecule has 1 amide bonds. The van der Waals surface area contributed by atoms with Crippen molar-refractivity contribution in [2.75, 3.05) is 25.4 Å². The van der Waals surface area contributed by atoms with E-state index in [0.717, 1.165) is 0 Å². The van der Waals surface area contributed by atoms with Crippen LogP contribution < -0.4 is 5.32 Å². The maximum absolute atomic E-state index is 12.7. The molecule has 1 rings (SSSR count). The van der Waals surface area contributed by atoms with E-state index in [4.69, 9.17) is 0 Å². The number of carbonyl (C=O) groups excluding carboxylic acids is 1. The number of hydrogen-bond acceptors (Lipinski definition) is 3. The largest absolute Gasteiger partial charge is 0.351 e. The Hall–Kier alpha value is -1.47. The lowest BCUT2D eigenvalue weighted by Crippen LogP contribution is -2.37. The van der Waals surface area contributed by atoms with Crippen molar-refractivity contribution in [2.45, 2.75) is 13.8 Å². The zero-order valence-electron chi connectivity index (χ0n) is 11.6. The predicted molar refractivity (Wildman–Crippen MR) is 75.4 cm³/mol. The average Bonchev–Trinajstić information content (AvgIpc) is 2.40. The van der Waals surface area contributed by atoms with Gasteiger partial charge >= 0.3 is 0 Å². The molecule has 0 saturated carbocycles. The molecule has 0 aliphatic heterocycles. The molecule has 0 unspecified atom stereocenters. The third-order valence-corrected chi connectivity index (χ3v) is 4.87. The van der Waals surface area contributed by atoms with E-state index >= 15 is 0 Å². The summed E-state index contributed by atoms with van der Waals surface area (Å²) in [6.07, 6.45) is 0. The van der Waals surface area contributed by atoms with Gasteiger partial charge in [0, 0.05) is 25.2 Å². The molecule has 0 atom stereocenters. The molecule has 20 heavy (non-hydrogen) atoms. The van der Waals surface area contributed by atoms with Gasteiger partial charge < -0.3 is 5.32 Å². The molecule has 1 aromatic carbocycles. The average molecular weight is 302 g/mol.